The summed E-state index contributed by atoms with van der Waals surface area (Å²) in [5.74, 6) is 0.477. The molecule has 29 heavy (non-hydrogen) atoms. The van der Waals surface area contributed by atoms with Gasteiger partial charge in [0.2, 0.25) is 5.06 Å². The molecule has 3 rings (SSSR count). The number of benzene rings is 2. The van der Waals surface area contributed by atoms with Crippen LogP contribution in [0.15, 0.2) is 47.5 Å². The van der Waals surface area contributed by atoms with Gasteiger partial charge in [-0.15, -0.1) is 0 Å². The number of halogens is 1. The summed E-state index contributed by atoms with van der Waals surface area (Å²) in [5.41, 5.74) is 3.59. The van der Waals surface area contributed by atoms with Crippen LogP contribution in [0.1, 0.15) is 24.5 Å². The van der Waals surface area contributed by atoms with Crippen molar-refractivity contribution < 1.29 is 4.74 Å². The third kappa shape index (κ3) is 4.94. The topological polar surface area (TPSA) is 61.5 Å². The van der Waals surface area contributed by atoms with Crippen molar-refractivity contribution in [2.75, 3.05) is 13.6 Å². The van der Waals surface area contributed by atoms with Crippen molar-refractivity contribution >= 4 is 35.2 Å². The molecule has 0 fully saturated rings. The van der Waals surface area contributed by atoms with Crippen LogP contribution in [0.2, 0.25) is 5.02 Å². The second-order valence-corrected chi connectivity index (χ2v) is 7.71. The maximum absolute atomic E-state index is 9.64. The summed E-state index contributed by atoms with van der Waals surface area (Å²) in [4.78, 5) is 6.54. The second kappa shape index (κ2) is 9.55. The average molecular weight is 425 g/mol. The van der Waals surface area contributed by atoms with Crippen molar-refractivity contribution in [1.29, 1.82) is 5.26 Å². The first-order valence-electron chi connectivity index (χ1n) is 9.21. The van der Waals surface area contributed by atoms with Crippen molar-refractivity contribution in [1.82, 2.24) is 9.27 Å². The first-order chi connectivity index (χ1) is 14.0. The van der Waals surface area contributed by atoms with Crippen molar-refractivity contribution in [2.24, 2.45) is 4.99 Å². The van der Waals surface area contributed by atoms with Gasteiger partial charge in [-0.05, 0) is 31.0 Å². The SMILES string of the molecule is CCCN(C)C=Nc1cc(Cl)c(Oc2snc(-c3ccccc3)c2C#N)cc1C. The van der Waals surface area contributed by atoms with Crippen LogP contribution in [0, 0.1) is 18.3 Å². The molecule has 0 aliphatic heterocycles. The molecule has 0 radical (unpaired) electrons. The summed E-state index contributed by atoms with van der Waals surface area (Å²) in [6.45, 7) is 5.00. The third-order valence-electron chi connectivity index (χ3n) is 4.24. The third-order valence-corrected chi connectivity index (χ3v) is 5.27. The number of aromatic nitrogens is 1. The highest BCUT2D eigenvalue weighted by molar-refractivity contribution is 7.08. The highest BCUT2D eigenvalue weighted by Gasteiger charge is 2.18. The number of hydrogen-bond acceptors (Lipinski definition) is 5. The van der Waals surface area contributed by atoms with Crippen molar-refractivity contribution in [3.05, 3.63) is 58.6 Å². The molecule has 148 valence electrons. The normalized spacial score (nSPS) is 10.9. The molecular weight excluding hydrogens is 404 g/mol. The van der Waals surface area contributed by atoms with Gasteiger partial charge < -0.3 is 9.64 Å². The molecule has 3 aromatic rings. The lowest BCUT2D eigenvalue weighted by atomic mass is 10.1. The largest absolute Gasteiger partial charge is 0.442 e. The van der Waals surface area contributed by atoms with Gasteiger partial charge in [0.05, 0.1) is 17.0 Å². The summed E-state index contributed by atoms with van der Waals surface area (Å²) >= 11 is 7.58. The number of aryl methyl sites for hydroxylation is 1. The summed E-state index contributed by atoms with van der Waals surface area (Å²) < 4.78 is 10.4. The number of hydrogen-bond donors (Lipinski definition) is 0. The zero-order valence-corrected chi connectivity index (χ0v) is 18.1. The van der Waals surface area contributed by atoms with E-state index in [-0.39, 0.29) is 0 Å². The summed E-state index contributed by atoms with van der Waals surface area (Å²) in [5, 5.41) is 10.5. The second-order valence-electron chi connectivity index (χ2n) is 6.57. The standard InChI is InChI=1S/C22H21ClN4OS/c1-4-10-27(3)14-25-19-12-18(23)20(11-15(19)2)28-22-17(13-24)21(26-29-22)16-8-6-5-7-9-16/h5-9,11-12,14H,4,10H2,1-3H3. The molecule has 0 saturated carbocycles. The van der Waals surface area contributed by atoms with Crippen molar-refractivity contribution in [3.63, 3.8) is 0 Å². The predicted molar refractivity (Wildman–Crippen MR) is 120 cm³/mol. The minimum absolute atomic E-state index is 0.401. The number of nitriles is 1. The molecule has 0 atom stereocenters. The Bertz CT molecular complexity index is 1060. The number of aliphatic imine (C=N–C) groups is 1. The maximum Gasteiger partial charge on any atom is 0.218 e. The minimum Gasteiger partial charge on any atom is -0.442 e. The van der Waals surface area contributed by atoms with Crippen molar-refractivity contribution in [3.8, 4) is 28.1 Å². The Morgan fingerprint density at radius 2 is 2.07 bits per heavy atom. The molecule has 0 aliphatic carbocycles. The Kier molecular flexibility index (Phi) is 6.86. The van der Waals surface area contributed by atoms with E-state index in [1.807, 2.05) is 55.3 Å². The van der Waals surface area contributed by atoms with E-state index in [0.717, 1.165) is 41.3 Å². The van der Waals surface area contributed by atoms with Gasteiger partial charge in [0, 0.05) is 30.7 Å². The quantitative estimate of drug-likeness (QED) is 0.323. The summed E-state index contributed by atoms with van der Waals surface area (Å²) in [6.07, 6.45) is 2.85. The number of rotatable bonds is 7. The summed E-state index contributed by atoms with van der Waals surface area (Å²) in [6, 6.07) is 15.4. The van der Waals surface area contributed by atoms with Gasteiger partial charge in [-0.25, -0.2) is 4.99 Å². The lowest BCUT2D eigenvalue weighted by Gasteiger charge is -2.12. The summed E-state index contributed by atoms with van der Waals surface area (Å²) in [7, 11) is 1.99. The highest BCUT2D eigenvalue weighted by Crippen LogP contribution is 2.40. The van der Waals surface area contributed by atoms with Gasteiger partial charge in [-0.3, -0.25) is 0 Å². The van der Waals surface area contributed by atoms with Gasteiger partial charge in [-0.1, -0.05) is 48.9 Å². The molecule has 2 aromatic carbocycles. The fraction of sp³-hybridized carbons (Fsp3) is 0.227. The van der Waals surface area contributed by atoms with Gasteiger partial charge in [0.1, 0.15) is 23.1 Å². The zero-order chi connectivity index (χ0) is 20.8. The monoisotopic (exact) mass is 424 g/mol. The highest BCUT2D eigenvalue weighted by atomic mass is 35.5. The molecule has 0 aliphatic rings. The Hall–Kier alpha value is -2.88. The Morgan fingerprint density at radius 3 is 2.76 bits per heavy atom. The first kappa shape index (κ1) is 20.8. The van der Waals surface area contributed by atoms with E-state index in [4.69, 9.17) is 16.3 Å². The molecule has 7 heteroatoms. The van der Waals surface area contributed by atoms with Crippen LogP contribution in [-0.2, 0) is 0 Å². The lowest BCUT2D eigenvalue weighted by molar-refractivity contribution is 0.495. The van der Waals surface area contributed by atoms with E-state index >= 15 is 0 Å². The molecule has 0 bridgehead atoms. The van der Waals surface area contributed by atoms with E-state index < -0.39 is 0 Å². The Morgan fingerprint density at radius 1 is 1.31 bits per heavy atom. The first-order valence-corrected chi connectivity index (χ1v) is 10.4. The number of ether oxygens (including phenoxy) is 1. The Labute approximate surface area is 180 Å². The van der Waals surface area contributed by atoms with Gasteiger partial charge in [0.15, 0.2) is 0 Å². The number of nitrogens with zero attached hydrogens (tertiary/aromatic N) is 4. The van der Waals surface area contributed by atoms with Crippen LogP contribution in [-0.4, -0.2) is 29.2 Å². The molecule has 1 aromatic heterocycles. The smallest absolute Gasteiger partial charge is 0.218 e. The van der Waals surface area contributed by atoms with Gasteiger partial charge in [-0.2, -0.15) is 9.64 Å². The fourth-order valence-corrected chi connectivity index (χ4v) is 3.70. The Balaban J connectivity index is 1.87. The molecular formula is C22H21ClN4OS. The van der Waals surface area contributed by atoms with Crippen LogP contribution in [0.25, 0.3) is 11.3 Å². The zero-order valence-electron chi connectivity index (χ0n) is 16.5. The van der Waals surface area contributed by atoms with Crippen LogP contribution < -0.4 is 4.74 Å². The molecule has 0 amide bonds. The minimum atomic E-state index is 0.401. The van der Waals surface area contributed by atoms with Gasteiger partial charge in [0.25, 0.3) is 0 Å². The van der Waals surface area contributed by atoms with E-state index in [1.165, 1.54) is 0 Å². The molecule has 0 spiro atoms. The fourth-order valence-electron chi connectivity index (χ4n) is 2.77. The molecule has 0 saturated heterocycles. The molecule has 1 heterocycles. The van der Waals surface area contributed by atoms with Crippen LogP contribution in [0.4, 0.5) is 5.69 Å². The molecule has 0 N–H and O–H groups in total. The predicted octanol–water partition coefficient (Wildman–Crippen LogP) is 6.44. The van der Waals surface area contributed by atoms with Crippen LogP contribution in [0.3, 0.4) is 0 Å². The van der Waals surface area contributed by atoms with Crippen molar-refractivity contribution in [2.45, 2.75) is 20.3 Å². The van der Waals surface area contributed by atoms with Crippen LogP contribution in [0.5, 0.6) is 10.8 Å². The van der Waals surface area contributed by atoms with E-state index in [9.17, 15) is 5.26 Å². The molecule has 0 unspecified atom stereocenters. The molecule has 5 nitrogen and oxygen atoms in total. The lowest BCUT2D eigenvalue weighted by Crippen LogP contribution is -2.16. The van der Waals surface area contributed by atoms with Gasteiger partial charge >= 0.3 is 0 Å². The van der Waals surface area contributed by atoms with E-state index in [0.29, 0.717) is 27.1 Å². The van der Waals surface area contributed by atoms with Crippen LogP contribution >= 0.6 is 23.1 Å². The van der Waals surface area contributed by atoms with E-state index in [1.54, 1.807) is 12.4 Å². The maximum atomic E-state index is 9.64. The average Bonchev–Trinajstić information content (AvgIpc) is 3.13. The van der Waals surface area contributed by atoms with E-state index in [2.05, 4.69) is 22.4 Å².